The quantitative estimate of drug-likeness (QED) is 0.578. The smallest absolute Gasteiger partial charge is 0.174 e. The number of ketones is 2. The average Bonchev–Trinajstić information content (AvgIpc) is 2.82. The van der Waals surface area contributed by atoms with E-state index in [4.69, 9.17) is 5.73 Å². The SMILES string of the molecule is NC1SC2CCCCC2=C1C(=O)CC(=O)c1ccc(O)cc1O. The maximum atomic E-state index is 12.6. The number of aromatic hydroxyl groups is 2. The lowest BCUT2D eigenvalue weighted by molar-refractivity contribution is -0.114. The summed E-state index contributed by atoms with van der Waals surface area (Å²) in [5.41, 5.74) is 7.85. The third-order valence-electron chi connectivity index (χ3n) is 4.40. The number of carbonyl (C=O) groups is 2. The Morgan fingerprint density at radius 1 is 1.22 bits per heavy atom. The van der Waals surface area contributed by atoms with Crippen LogP contribution >= 0.6 is 11.8 Å². The third kappa shape index (κ3) is 3.14. The van der Waals surface area contributed by atoms with Gasteiger partial charge in [0.1, 0.15) is 11.5 Å². The molecule has 0 bridgehead atoms. The van der Waals surface area contributed by atoms with Gasteiger partial charge in [0, 0.05) is 16.9 Å². The second-order valence-electron chi connectivity index (χ2n) is 5.95. The second kappa shape index (κ2) is 6.37. The van der Waals surface area contributed by atoms with E-state index < -0.39 is 5.78 Å². The summed E-state index contributed by atoms with van der Waals surface area (Å²) in [6.07, 6.45) is 3.82. The van der Waals surface area contributed by atoms with Gasteiger partial charge in [0.15, 0.2) is 11.6 Å². The van der Waals surface area contributed by atoms with Gasteiger partial charge in [0.2, 0.25) is 0 Å². The van der Waals surface area contributed by atoms with Crippen molar-refractivity contribution in [3.05, 3.63) is 34.9 Å². The zero-order chi connectivity index (χ0) is 16.6. The third-order valence-corrected chi connectivity index (χ3v) is 5.77. The number of nitrogens with two attached hydrogens (primary N) is 1. The molecule has 1 aromatic carbocycles. The number of hydrogen-bond acceptors (Lipinski definition) is 6. The molecule has 5 nitrogen and oxygen atoms in total. The van der Waals surface area contributed by atoms with Crippen LogP contribution in [0.4, 0.5) is 0 Å². The largest absolute Gasteiger partial charge is 0.508 e. The molecule has 1 fully saturated rings. The molecule has 0 radical (unpaired) electrons. The van der Waals surface area contributed by atoms with E-state index in [2.05, 4.69) is 0 Å². The fraction of sp³-hybridized carbons (Fsp3) is 0.412. The van der Waals surface area contributed by atoms with Crippen LogP contribution in [-0.2, 0) is 4.79 Å². The molecule has 4 N–H and O–H groups in total. The Labute approximate surface area is 138 Å². The number of phenolic OH excluding ortho intramolecular Hbond substituents is 2. The van der Waals surface area contributed by atoms with Crippen LogP contribution in [0.1, 0.15) is 42.5 Å². The van der Waals surface area contributed by atoms with E-state index in [0.29, 0.717) is 10.8 Å². The van der Waals surface area contributed by atoms with Crippen molar-refractivity contribution < 1.29 is 19.8 Å². The van der Waals surface area contributed by atoms with Crippen molar-refractivity contribution in [1.82, 2.24) is 0 Å². The van der Waals surface area contributed by atoms with Crippen LogP contribution in [-0.4, -0.2) is 32.4 Å². The lowest BCUT2D eigenvalue weighted by atomic mass is 9.88. The number of rotatable bonds is 4. The van der Waals surface area contributed by atoms with E-state index in [0.717, 1.165) is 37.3 Å². The fourth-order valence-electron chi connectivity index (χ4n) is 3.30. The predicted molar refractivity (Wildman–Crippen MR) is 88.6 cm³/mol. The number of thioether (sulfide) groups is 1. The highest BCUT2D eigenvalue weighted by Crippen LogP contribution is 2.44. The first-order valence-corrected chi connectivity index (χ1v) is 8.64. The van der Waals surface area contributed by atoms with Gasteiger partial charge in [-0.1, -0.05) is 6.42 Å². The van der Waals surface area contributed by atoms with Crippen molar-refractivity contribution >= 4 is 23.3 Å². The fourth-order valence-corrected chi connectivity index (χ4v) is 4.78. The highest BCUT2D eigenvalue weighted by molar-refractivity contribution is 8.01. The van der Waals surface area contributed by atoms with Gasteiger partial charge in [-0.15, -0.1) is 11.8 Å². The van der Waals surface area contributed by atoms with Crippen molar-refractivity contribution in [1.29, 1.82) is 0 Å². The normalized spacial score (nSPS) is 23.7. The minimum Gasteiger partial charge on any atom is -0.508 e. The van der Waals surface area contributed by atoms with Gasteiger partial charge in [0.05, 0.1) is 17.4 Å². The second-order valence-corrected chi connectivity index (χ2v) is 7.30. The number of phenols is 2. The van der Waals surface area contributed by atoms with Gasteiger partial charge in [-0.05, 0) is 37.0 Å². The molecular weight excluding hydrogens is 314 g/mol. The Morgan fingerprint density at radius 3 is 2.74 bits per heavy atom. The lowest BCUT2D eigenvalue weighted by Gasteiger charge is -2.19. The first kappa shape index (κ1) is 16.1. The Balaban J connectivity index is 1.79. The maximum absolute atomic E-state index is 12.6. The number of fused-ring (bicyclic) bond motifs is 1. The molecule has 0 aromatic heterocycles. The summed E-state index contributed by atoms with van der Waals surface area (Å²) >= 11 is 1.60. The van der Waals surface area contributed by atoms with Crippen LogP contribution in [0, 0.1) is 0 Å². The zero-order valence-corrected chi connectivity index (χ0v) is 13.4. The molecule has 2 unspecified atom stereocenters. The van der Waals surface area contributed by atoms with Crippen LogP contribution in [0.15, 0.2) is 29.3 Å². The molecule has 1 aromatic rings. The average molecular weight is 333 g/mol. The molecular formula is C17H19NO4S. The van der Waals surface area contributed by atoms with Crippen molar-refractivity contribution in [3.8, 4) is 11.5 Å². The Morgan fingerprint density at radius 2 is 2.00 bits per heavy atom. The molecule has 0 spiro atoms. The van der Waals surface area contributed by atoms with E-state index in [1.807, 2.05) is 0 Å². The van der Waals surface area contributed by atoms with Gasteiger partial charge in [-0.3, -0.25) is 9.59 Å². The van der Waals surface area contributed by atoms with Gasteiger partial charge in [-0.25, -0.2) is 0 Å². The molecule has 1 aliphatic carbocycles. The van der Waals surface area contributed by atoms with E-state index in [-0.39, 0.29) is 34.6 Å². The van der Waals surface area contributed by atoms with Gasteiger partial charge in [-0.2, -0.15) is 0 Å². The summed E-state index contributed by atoms with van der Waals surface area (Å²) < 4.78 is 0. The zero-order valence-electron chi connectivity index (χ0n) is 12.6. The summed E-state index contributed by atoms with van der Waals surface area (Å²) in [5, 5.41) is 19.0. The van der Waals surface area contributed by atoms with E-state index in [1.54, 1.807) is 11.8 Å². The van der Waals surface area contributed by atoms with Crippen LogP contribution in [0.2, 0.25) is 0 Å². The molecule has 6 heteroatoms. The van der Waals surface area contributed by atoms with Gasteiger partial charge in [0.25, 0.3) is 0 Å². The lowest BCUT2D eigenvalue weighted by Crippen LogP contribution is -2.23. The molecule has 1 heterocycles. The molecule has 23 heavy (non-hydrogen) atoms. The highest BCUT2D eigenvalue weighted by Gasteiger charge is 2.37. The number of hydrogen-bond donors (Lipinski definition) is 3. The molecule has 1 aliphatic heterocycles. The molecule has 2 aliphatic rings. The summed E-state index contributed by atoms with van der Waals surface area (Å²) in [5.74, 6) is -1.16. The molecule has 3 rings (SSSR count). The molecule has 1 saturated carbocycles. The minimum atomic E-state index is -0.461. The van der Waals surface area contributed by atoms with Crippen molar-refractivity contribution in [2.75, 3.05) is 0 Å². The van der Waals surface area contributed by atoms with Crippen LogP contribution in [0.5, 0.6) is 11.5 Å². The van der Waals surface area contributed by atoms with Crippen molar-refractivity contribution in [2.24, 2.45) is 5.73 Å². The maximum Gasteiger partial charge on any atom is 0.174 e. The molecule has 2 atom stereocenters. The Hall–Kier alpha value is -1.79. The van der Waals surface area contributed by atoms with E-state index >= 15 is 0 Å². The van der Waals surface area contributed by atoms with Crippen molar-refractivity contribution in [2.45, 2.75) is 42.7 Å². The van der Waals surface area contributed by atoms with Gasteiger partial charge >= 0.3 is 0 Å². The first-order valence-electron chi connectivity index (χ1n) is 7.69. The van der Waals surface area contributed by atoms with E-state index in [9.17, 15) is 19.8 Å². The van der Waals surface area contributed by atoms with Crippen LogP contribution in [0.25, 0.3) is 0 Å². The van der Waals surface area contributed by atoms with Crippen LogP contribution in [0.3, 0.4) is 0 Å². The molecule has 0 amide bonds. The first-order chi connectivity index (χ1) is 11.0. The van der Waals surface area contributed by atoms with Crippen molar-refractivity contribution in [3.63, 3.8) is 0 Å². The number of benzene rings is 1. The predicted octanol–water partition coefficient (Wildman–Crippen LogP) is 2.51. The summed E-state index contributed by atoms with van der Waals surface area (Å²) in [7, 11) is 0. The highest BCUT2D eigenvalue weighted by atomic mass is 32.2. The summed E-state index contributed by atoms with van der Waals surface area (Å²) in [6.45, 7) is 0. The monoisotopic (exact) mass is 333 g/mol. The number of carbonyl (C=O) groups excluding carboxylic acids is 2. The Bertz CT molecular complexity index is 698. The molecule has 0 saturated heterocycles. The topological polar surface area (TPSA) is 101 Å². The van der Waals surface area contributed by atoms with Crippen LogP contribution < -0.4 is 5.73 Å². The standard InChI is InChI=1S/C17H19NO4S/c18-17-16(11-3-1-2-4-15(11)23-17)14(22)8-13(21)10-6-5-9(19)7-12(10)20/h5-7,15,17,19-20H,1-4,8,18H2. The van der Waals surface area contributed by atoms with E-state index in [1.165, 1.54) is 12.1 Å². The Kier molecular flexibility index (Phi) is 4.46. The minimum absolute atomic E-state index is 0.0427. The van der Waals surface area contributed by atoms with Gasteiger partial charge < -0.3 is 15.9 Å². The molecule has 122 valence electrons. The number of Topliss-reactive ketones (excluding diaryl/α,β-unsaturated/α-hetero) is 2. The summed E-state index contributed by atoms with van der Waals surface area (Å²) in [6, 6.07) is 3.73. The summed E-state index contributed by atoms with van der Waals surface area (Å²) in [4.78, 5) is 24.8.